The molecule has 142 valence electrons. The summed E-state index contributed by atoms with van der Waals surface area (Å²) in [5.41, 5.74) is 2.45. The SMILES string of the molecule is C=CCNC(=NCCCNC(C)=O)NCCc1c[nH]c2ccccc12.I. The lowest BCUT2D eigenvalue weighted by Crippen LogP contribution is -2.38. The second kappa shape index (κ2) is 12.3. The fraction of sp³-hybridized carbons (Fsp3) is 0.368. The topological polar surface area (TPSA) is 81.3 Å². The number of H-pyrrole nitrogens is 1. The number of halogens is 1. The predicted molar refractivity (Wildman–Crippen MR) is 119 cm³/mol. The summed E-state index contributed by atoms with van der Waals surface area (Å²) in [5, 5.41) is 10.6. The highest BCUT2D eigenvalue weighted by molar-refractivity contribution is 14.0. The van der Waals surface area contributed by atoms with E-state index < -0.39 is 0 Å². The molecule has 0 saturated carbocycles. The second-order valence-corrected chi connectivity index (χ2v) is 5.77. The van der Waals surface area contributed by atoms with Crippen LogP contribution in [0.1, 0.15) is 18.9 Å². The molecule has 1 aromatic heterocycles. The highest BCUT2D eigenvalue weighted by Gasteiger charge is 2.03. The van der Waals surface area contributed by atoms with Gasteiger partial charge < -0.3 is 20.9 Å². The molecule has 1 aromatic carbocycles. The highest BCUT2D eigenvalue weighted by atomic mass is 127. The van der Waals surface area contributed by atoms with Gasteiger partial charge in [-0.2, -0.15) is 0 Å². The Morgan fingerprint density at radius 1 is 1.23 bits per heavy atom. The normalized spacial score (nSPS) is 10.9. The highest BCUT2D eigenvalue weighted by Crippen LogP contribution is 2.17. The van der Waals surface area contributed by atoms with Crippen molar-refractivity contribution >= 4 is 46.7 Å². The van der Waals surface area contributed by atoms with E-state index in [9.17, 15) is 4.79 Å². The summed E-state index contributed by atoms with van der Waals surface area (Å²) in [6, 6.07) is 8.31. The number of carbonyl (C=O) groups is 1. The van der Waals surface area contributed by atoms with Crippen molar-refractivity contribution < 1.29 is 4.79 Å². The maximum atomic E-state index is 10.8. The number of nitrogens with one attached hydrogen (secondary N) is 4. The molecule has 1 heterocycles. The summed E-state index contributed by atoms with van der Waals surface area (Å²) >= 11 is 0. The predicted octanol–water partition coefficient (Wildman–Crippen LogP) is 2.58. The van der Waals surface area contributed by atoms with Gasteiger partial charge in [-0.15, -0.1) is 30.6 Å². The van der Waals surface area contributed by atoms with Crippen LogP contribution in [0.2, 0.25) is 0 Å². The number of carbonyl (C=O) groups excluding carboxylic acids is 1. The molecule has 4 N–H and O–H groups in total. The van der Waals surface area contributed by atoms with Gasteiger partial charge in [0.05, 0.1) is 0 Å². The molecule has 0 spiro atoms. The second-order valence-electron chi connectivity index (χ2n) is 5.77. The zero-order valence-corrected chi connectivity index (χ0v) is 17.5. The first kappa shape index (κ1) is 22.0. The molecule has 0 saturated heterocycles. The van der Waals surface area contributed by atoms with Crippen molar-refractivity contribution in [2.24, 2.45) is 4.99 Å². The van der Waals surface area contributed by atoms with Crippen LogP contribution in [-0.2, 0) is 11.2 Å². The van der Waals surface area contributed by atoms with E-state index in [0.717, 1.165) is 30.9 Å². The number of fused-ring (bicyclic) bond motifs is 1. The van der Waals surface area contributed by atoms with Crippen LogP contribution >= 0.6 is 24.0 Å². The van der Waals surface area contributed by atoms with Crippen molar-refractivity contribution in [3.63, 3.8) is 0 Å². The molecule has 0 aliphatic heterocycles. The first-order chi connectivity index (χ1) is 12.2. The number of para-hydroxylation sites is 1. The molecule has 0 fully saturated rings. The standard InChI is InChI=1S/C19H27N5O.HI/c1-3-10-21-19(22-12-6-11-20-15(2)25)23-13-9-16-14-24-18-8-5-4-7-17(16)18;/h3-5,7-8,14,24H,1,6,9-13H2,2H3,(H,20,25)(H2,21,22,23);1H. The number of benzene rings is 1. The first-order valence-electron chi connectivity index (χ1n) is 8.63. The quantitative estimate of drug-likeness (QED) is 0.150. The smallest absolute Gasteiger partial charge is 0.216 e. The number of rotatable bonds is 9. The summed E-state index contributed by atoms with van der Waals surface area (Å²) in [5.74, 6) is 0.758. The monoisotopic (exact) mass is 469 g/mol. The minimum absolute atomic E-state index is 0. The Bertz CT molecular complexity index is 726. The van der Waals surface area contributed by atoms with Gasteiger partial charge in [0.25, 0.3) is 0 Å². The zero-order valence-electron chi connectivity index (χ0n) is 15.2. The van der Waals surface area contributed by atoms with E-state index in [1.165, 1.54) is 17.9 Å². The Hall–Kier alpha value is -2.03. The van der Waals surface area contributed by atoms with Crippen LogP contribution in [0.15, 0.2) is 48.1 Å². The van der Waals surface area contributed by atoms with E-state index in [-0.39, 0.29) is 29.9 Å². The summed E-state index contributed by atoms with van der Waals surface area (Å²) in [4.78, 5) is 18.7. The molecule has 0 unspecified atom stereocenters. The number of hydrogen-bond donors (Lipinski definition) is 4. The Kier molecular flexibility index (Phi) is 10.5. The molecule has 1 amide bonds. The average Bonchev–Trinajstić information content (AvgIpc) is 3.02. The number of nitrogens with zero attached hydrogens (tertiary/aromatic N) is 1. The zero-order chi connectivity index (χ0) is 17.9. The lowest BCUT2D eigenvalue weighted by Gasteiger charge is -2.11. The van der Waals surface area contributed by atoms with E-state index in [1.807, 2.05) is 6.07 Å². The molecule has 0 radical (unpaired) electrons. The molecule has 26 heavy (non-hydrogen) atoms. The van der Waals surface area contributed by atoms with Gasteiger partial charge in [-0.05, 0) is 24.5 Å². The van der Waals surface area contributed by atoms with E-state index in [1.54, 1.807) is 6.08 Å². The maximum absolute atomic E-state index is 10.8. The van der Waals surface area contributed by atoms with Crippen molar-refractivity contribution in [2.45, 2.75) is 19.8 Å². The third-order valence-corrected chi connectivity index (χ3v) is 3.75. The molecular formula is C19H28IN5O. The Labute approximate surface area is 171 Å². The molecule has 0 atom stereocenters. The number of hydrogen-bond acceptors (Lipinski definition) is 2. The van der Waals surface area contributed by atoms with E-state index in [4.69, 9.17) is 0 Å². The summed E-state index contributed by atoms with van der Waals surface area (Å²) in [7, 11) is 0. The molecule has 7 heteroatoms. The first-order valence-corrected chi connectivity index (χ1v) is 8.63. The van der Waals surface area contributed by atoms with Crippen LogP contribution in [0.5, 0.6) is 0 Å². The third kappa shape index (κ3) is 7.47. The Morgan fingerprint density at radius 2 is 2.04 bits per heavy atom. The maximum Gasteiger partial charge on any atom is 0.216 e. The Morgan fingerprint density at radius 3 is 2.81 bits per heavy atom. The summed E-state index contributed by atoms with van der Waals surface area (Å²) in [6.07, 6.45) is 5.58. The van der Waals surface area contributed by atoms with Crippen LogP contribution < -0.4 is 16.0 Å². The van der Waals surface area contributed by atoms with Crippen molar-refractivity contribution in [3.05, 3.63) is 48.7 Å². The van der Waals surface area contributed by atoms with Crippen LogP contribution in [-0.4, -0.2) is 43.0 Å². The molecule has 0 aliphatic rings. The van der Waals surface area contributed by atoms with Gasteiger partial charge >= 0.3 is 0 Å². The fourth-order valence-electron chi connectivity index (χ4n) is 2.53. The Balaban J connectivity index is 0.00000338. The van der Waals surface area contributed by atoms with Gasteiger partial charge in [0.15, 0.2) is 5.96 Å². The number of amides is 1. The van der Waals surface area contributed by atoms with Gasteiger partial charge in [0.1, 0.15) is 0 Å². The van der Waals surface area contributed by atoms with Gasteiger partial charge in [-0.3, -0.25) is 9.79 Å². The molecule has 0 bridgehead atoms. The minimum atomic E-state index is -0.00848. The summed E-state index contributed by atoms with van der Waals surface area (Å²) in [6.45, 7) is 7.98. The van der Waals surface area contributed by atoms with Gasteiger partial charge in [0.2, 0.25) is 5.91 Å². The fourth-order valence-corrected chi connectivity index (χ4v) is 2.53. The van der Waals surface area contributed by atoms with Crippen LogP contribution in [0, 0.1) is 0 Å². The minimum Gasteiger partial charge on any atom is -0.361 e. The summed E-state index contributed by atoms with van der Waals surface area (Å²) < 4.78 is 0. The van der Waals surface area contributed by atoms with E-state index in [2.05, 4.69) is 56.9 Å². The molecule has 2 rings (SSSR count). The van der Waals surface area contributed by atoms with Crippen LogP contribution in [0.3, 0.4) is 0 Å². The van der Waals surface area contributed by atoms with Crippen LogP contribution in [0.25, 0.3) is 10.9 Å². The number of aromatic nitrogens is 1. The van der Waals surface area contributed by atoms with Crippen molar-refractivity contribution in [3.8, 4) is 0 Å². The number of aliphatic imine (C=N–C) groups is 1. The van der Waals surface area contributed by atoms with Gasteiger partial charge in [-0.1, -0.05) is 24.3 Å². The lowest BCUT2D eigenvalue weighted by molar-refractivity contribution is -0.118. The molecule has 0 aliphatic carbocycles. The number of guanidine groups is 1. The largest absolute Gasteiger partial charge is 0.361 e. The van der Waals surface area contributed by atoms with Crippen molar-refractivity contribution in [1.82, 2.24) is 20.9 Å². The molecular weight excluding hydrogens is 441 g/mol. The van der Waals surface area contributed by atoms with Gasteiger partial charge in [0, 0.05) is 50.2 Å². The lowest BCUT2D eigenvalue weighted by atomic mass is 10.1. The third-order valence-electron chi connectivity index (χ3n) is 3.75. The van der Waals surface area contributed by atoms with Crippen molar-refractivity contribution in [1.29, 1.82) is 0 Å². The van der Waals surface area contributed by atoms with Gasteiger partial charge in [-0.25, -0.2) is 0 Å². The van der Waals surface area contributed by atoms with Crippen molar-refractivity contribution in [2.75, 3.05) is 26.2 Å². The molecule has 2 aromatic rings. The van der Waals surface area contributed by atoms with E-state index >= 15 is 0 Å². The number of aromatic amines is 1. The average molecular weight is 469 g/mol. The van der Waals surface area contributed by atoms with Crippen LogP contribution in [0.4, 0.5) is 0 Å². The molecule has 6 nitrogen and oxygen atoms in total. The van der Waals surface area contributed by atoms with E-state index in [0.29, 0.717) is 19.6 Å².